The maximum absolute atomic E-state index is 12.1. The minimum Gasteiger partial charge on any atom is -0.370 e. The van der Waals surface area contributed by atoms with Crippen LogP contribution in [0.2, 0.25) is 0 Å². The number of guanidine groups is 1. The second kappa shape index (κ2) is 8.46. The van der Waals surface area contributed by atoms with Crippen molar-refractivity contribution in [1.29, 1.82) is 0 Å². The van der Waals surface area contributed by atoms with Crippen molar-refractivity contribution < 1.29 is 4.79 Å². The highest BCUT2D eigenvalue weighted by Gasteiger charge is 2.25. The van der Waals surface area contributed by atoms with Crippen LogP contribution >= 0.6 is 0 Å². The maximum atomic E-state index is 12.1. The summed E-state index contributed by atoms with van der Waals surface area (Å²) in [5.74, 6) is 0.725. The van der Waals surface area contributed by atoms with Gasteiger partial charge >= 0.3 is 0 Å². The van der Waals surface area contributed by atoms with Crippen LogP contribution in [-0.4, -0.2) is 11.9 Å². The number of carbonyl (C=O) groups excluding carboxylic acids is 1. The van der Waals surface area contributed by atoms with Gasteiger partial charge in [-0.25, -0.2) is 4.99 Å². The number of carbonyl (C=O) groups is 1. The summed E-state index contributed by atoms with van der Waals surface area (Å²) >= 11 is 0. The lowest BCUT2D eigenvalue weighted by Crippen LogP contribution is -2.28. The van der Waals surface area contributed by atoms with E-state index in [1.165, 1.54) is 24.0 Å². The van der Waals surface area contributed by atoms with Crippen LogP contribution in [0, 0.1) is 5.92 Å². The van der Waals surface area contributed by atoms with Gasteiger partial charge in [0, 0.05) is 17.3 Å². The van der Waals surface area contributed by atoms with Crippen molar-refractivity contribution in [2.24, 2.45) is 16.6 Å². The van der Waals surface area contributed by atoms with Crippen LogP contribution in [0.3, 0.4) is 0 Å². The number of nitrogens with two attached hydrogens (primary N) is 1. The van der Waals surface area contributed by atoms with Crippen LogP contribution in [0.1, 0.15) is 48.8 Å². The number of amides is 1. The first-order valence-electron chi connectivity index (χ1n) is 10.3. The average molecular weight is 377 g/mol. The lowest BCUT2D eigenvalue weighted by Gasteiger charge is -2.24. The molecule has 0 bridgehead atoms. The number of aliphatic imine (C=N–C) groups is 1. The first kappa shape index (κ1) is 18.5. The zero-order valence-corrected chi connectivity index (χ0v) is 16.2. The average Bonchev–Trinajstić information content (AvgIpc) is 2.66. The van der Waals surface area contributed by atoms with Crippen molar-refractivity contribution in [3.8, 4) is 0 Å². The molecule has 0 saturated heterocycles. The minimum absolute atomic E-state index is 0.127. The van der Waals surface area contributed by atoms with E-state index < -0.39 is 0 Å². The quantitative estimate of drug-likeness (QED) is 0.540. The molecule has 2 aliphatic rings. The smallest absolute Gasteiger partial charge is 0.227 e. The first-order valence-corrected chi connectivity index (χ1v) is 10.3. The van der Waals surface area contributed by atoms with Crippen LogP contribution in [0.25, 0.3) is 0 Å². The van der Waals surface area contributed by atoms with Crippen molar-refractivity contribution in [1.82, 2.24) is 0 Å². The Bertz CT molecular complexity index is 886. The Hall–Kier alpha value is -2.82. The zero-order chi connectivity index (χ0) is 19.3. The van der Waals surface area contributed by atoms with E-state index in [2.05, 4.69) is 33.8 Å². The highest BCUT2D eigenvalue weighted by Crippen LogP contribution is 2.28. The Kier molecular flexibility index (Phi) is 5.60. The number of rotatable bonds is 5. The third-order valence-electron chi connectivity index (χ3n) is 5.76. The number of hydrogen-bond donors (Lipinski definition) is 3. The summed E-state index contributed by atoms with van der Waals surface area (Å²) in [5, 5.41) is 6.29. The Balaban J connectivity index is 1.38. The predicted octanol–water partition coefficient (Wildman–Crippen LogP) is 4.23. The molecular formula is C23H28N4O. The fourth-order valence-corrected chi connectivity index (χ4v) is 3.91. The topological polar surface area (TPSA) is 79.5 Å². The lowest BCUT2D eigenvalue weighted by molar-refractivity contribution is -0.122. The molecule has 0 radical (unpaired) electrons. The fourth-order valence-electron chi connectivity index (χ4n) is 3.91. The van der Waals surface area contributed by atoms with E-state index in [1.54, 1.807) is 0 Å². The van der Waals surface area contributed by atoms with Gasteiger partial charge < -0.3 is 16.4 Å². The van der Waals surface area contributed by atoms with Crippen LogP contribution in [-0.2, 0) is 24.2 Å². The van der Waals surface area contributed by atoms with Gasteiger partial charge in [-0.15, -0.1) is 0 Å². The molecule has 2 aromatic rings. The molecule has 0 heterocycles. The molecule has 1 amide bonds. The third-order valence-corrected chi connectivity index (χ3v) is 5.76. The van der Waals surface area contributed by atoms with Gasteiger partial charge in [0.05, 0.1) is 6.54 Å². The summed E-state index contributed by atoms with van der Waals surface area (Å²) < 4.78 is 0. The van der Waals surface area contributed by atoms with Gasteiger partial charge in [-0.1, -0.05) is 30.7 Å². The molecule has 0 aromatic heterocycles. The first-order chi connectivity index (χ1) is 13.7. The molecule has 5 nitrogen and oxygen atoms in total. The Morgan fingerprint density at radius 3 is 2.68 bits per heavy atom. The van der Waals surface area contributed by atoms with E-state index in [4.69, 9.17) is 5.73 Å². The standard InChI is InChI=1S/C23H28N4O/c24-23(27-21-13-5-8-17-7-1-2-12-20(17)21)25-15-16-6-3-11-19(14-16)26-22(28)18-9-4-10-18/h3,5-6,8,11,13-14,18H,1-2,4,7,9-10,12,15H2,(H,26,28)(H3,24,25,27). The van der Waals surface area contributed by atoms with Crippen LogP contribution in [0.5, 0.6) is 0 Å². The number of anilines is 2. The van der Waals surface area contributed by atoms with Gasteiger partial charge in [0.25, 0.3) is 0 Å². The molecule has 4 N–H and O–H groups in total. The summed E-state index contributed by atoms with van der Waals surface area (Å²) in [6.07, 6.45) is 7.87. The van der Waals surface area contributed by atoms with Crippen molar-refractivity contribution in [3.05, 3.63) is 59.2 Å². The predicted molar refractivity (Wildman–Crippen MR) is 114 cm³/mol. The number of fused-ring (bicyclic) bond motifs is 1. The molecule has 2 aromatic carbocycles. The van der Waals surface area contributed by atoms with Gasteiger partial charge in [-0.05, 0) is 73.4 Å². The molecule has 2 aliphatic carbocycles. The molecule has 146 valence electrons. The van der Waals surface area contributed by atoms with Gasteiger partial charge in [-0.3, -0.25) is 4.79 Å². The number of aryl methyl sites for hydroxylation is 1. The minimum atomic E-state index is 0.127. The second-order valence-corrected chi connectivity index (χ2v) is 7.79. The van der Waals surface area contributed by atoms with Crippen LogP contribution in [0.15, 0.2) is 47.5 Å². The van der Waals surface area contributed by atoms with Crippen molar-refractivity contribution in [2.45, 2.75) is 51.5 Å². The third kappa shape index (κ3) is 4.35. The SMILES string of the molecule is NC(=NCc1cccc(NC(=O)C2CCC2)c1)Nc1cccc2c1CCCC2. The van der Waals surface area contributed by atoms with E-state index in [9.17, 15) is 4.79 Å². The van der Waals surface area contributed by atoms with E-state index in [0.717, 1.165) is 49.0 Å². The van der Waals surface area contributed by atoms with Crippen LogP contribution in [0.4, 0.5) is 11.4 Å². The van der Waals surface area contributed by atoms with Gasteiger partial charge in [-0.2, -0.15) is 0 Å². The van der Waals surface area contributed by atoms with Crippen LogP contribution < -0.4 is 16.4 Å². The molecule has 1 fully saturated rings. The Labute approximate surface area is 166 Å². The number of nitrogens with one attached hydrogen (secondary N) is 2. The summed E-state index contributed by atoms with van der Waals surface area (Å²) in [6.45, 7) is 0.473. The Morgan fingerprint density at radius 2 is 1.86 bits per heavy atom. The van der Waals surface area contributed by atoms with E-state index in [-0.39, 0.29) is 11.8 Å². The highest BCUT2D eigenvalue weighted by atomic mass is 16.1. The second-order valence-electron chi connectivity index (χ2n) is 7.79. The molecule has 0 atom stereocenters. The largest absolute Gasteiger partial charge is 0.370 e. The summed E-state index contributed by atoms with van der Waals surface area (Å²) in [5.41, 5.74) is 11.8. The number of hydrogen-bond acceptors (Lipinski definition) is 2. The number of nitrogens with zero attached hydrogens (tertiary/aromatic N) is 1. The molecule has 0 aliphatic heterocycles. The fraction of sp³-hybridized carbons (Fsp3) is 0.391. The van der Waals surface area contributed by atoms with E-state index in [0.29, 0.717) is 12.5 Å². The Morgan fingerprint density at radius 1 is 1.04 bits per heavy atom. The van der Waals surface area contributed by atoms with Crippen molar-refractivity contribution in [3.63, 3.8) is 0 Å². The molecule has 1 saturated carbocycles. The monoisotopic (exact) mass is 376 g/mol. The lowest BCUT2D eigenvalue weighted by atomic mass is 9.85. The molecular weight excluding hydrogens is 348 g/mol. The molecule has 4 rings (SSSR count). The zero-order valence-electron chi connectivity index (χ0n) is 16.2. The van der Waals surface area contributed by atoms with Crippen molar-refractivity contribution in [2.75, 3.05) is 10.6 Å². The van der Waals surface area contributed by atoms with Gasteiger partial charge in [0.2, 0.25) is 5.91 Å². The molecule has 5 heteroatoms. The van der Waals surface area contributed by atoms with E-state index in [1.807, 2.05) is 24.3 Å². The molecule has 0 spiro atoms. The summed E-state index contributed by atoms with van der Waals surface area (Å²) in [6, 6.07) is 14.2. The maximum Gasteiger partial charge on any atom is 0.227 e. The van der Waals surface area contributed by atoms with Gasteiger partial charge in [0.15, 0.2) is 5.96 Å². The van der Waals surface area contributed by atoms with Crippen molar-refractivity contribution >= 4 is 23.2 Å². The summed E-state index contributed by atoms with van der Waals surface area (Å²) in [7, 11) is 0. The normalized spacial score (nSPS) is 16.8. The summed E-state index contributed by atoms with van der Waals surface area (Å²) in [4.78, 5) is 16.6. The highest BCUT2D eigenvalue weighted by molar-refractivity contribution is 5.94. The molecule has 0 unspecified atom stereocenters. The van der Waals surface area contributed by atoms with E-state index >= 15 is 0 Å². The number of benzene rings is 2. The van der Waals surface area contributed by atoms with Gasteiger partial charge in [0.1, 0.15) is 0 Å². The molecule has 28 heavy (non-hydrogen) atoms.